The Kier molecular flexibility index (Phi) is 8.20. The maximum absolute atomic E-state index is 13.7. The molecule has 10 heteroatoms. The number of hydrogen-bond donors (Lipinski definition) is 2. The average molecular weight is 616 g/mol. The van der Waals surface area contributed by atoms with Crippen molar-refractivity contribution in [2.75, 3.05) is 6.54 Å². The lowest BCUT2D eigenvalue weighted by atomic mass is 9.97. The molecule has 3 aromatic carbocycles. The Morgan fingerprint density at radius 1 is 1.05 bits per heavy atom. The molecule has 2 atom stereocenters. The van der Waals surface area contributed by atoms with Crippen LogP contribution in [-0.2, 0) is 14.6 Å². The van der Waals surface area contributed by atoms with Crippen LogP contribution in [-0.4, -0.2) is 42.2 Å². The zero-order chi connectivity index (χ0) is 27.6. The summed E-state index contributed by atoms with van der Waals surface area (Å²) in [6.45, 7) is 2.52. The topological polar surface area (TPSA) is 113 Å². The van der Waals surface area contributed by atoms with Crippen LogP contribution in [0.3, 0.4) is 0 Å². The first-order valence-electron chi connectivity index (χ1n) is 11.7. The van der Waals surface area contributed by atoms with E-state index in [9.17, 15) is 23.1 Å². The highest BCUT2D eigenvalue weighted by molar-refractivity contribution is 9.10. The molecule has 0 aliphatic heterocycles. The maximum Gasteiger partial charge on any atom is 0.321 e. The number of carboxylic acids is 1. The monoisotopic (exact) mass is 614 g/mol. The number of sulfone groups is 1. The molecule has 1 aromatic heterocycles. The van der Waals surface area contributed by atoms with Gasteiger partial charge >= 0.3 is 5.97 Å². The van der Waals surface area contributed by atoms with Crippen LogP contribution in [0.25, 0.3) is 22.2 Å². The highest BCUT2D eigenvalue weighted by atomic mass is 79.9. The van der Waals surface area contributed by atoms with Crippen molar-refractivity contribution in [3.05, 3.63) is 99.0 Å². The minimum absolute atomic E-state index is 0.161. The Hall–Kier alpha value is -3.27. The number of aliphatic carboxylic acids is 1. The van der Waals surface area contributed by atoms with Gasteiger partial charge in [-0.2, -0.15) is 0 Å². The second-order valence-electron chi connectivity index (χ2n) is 8.78. The molecule has 2 unspecified atom stereocenters. The molecule has 7 nitrogen and oxygen atoms in total. The van der Waals surface area contributed by atoms with E-state index in [0.717, 1.165) is 17.0 Å². The van der Waals surface area contributed by atoms with Crippen molar-refractivity contribution >= 4 is 60.1 Å². The number of hydrogen-bond acceptors (Lipinski definition) is 5. The SMILES string of the molecule is Cc1c(-c2ccccc2)nc2ccc(Br)cc2c1C(=O)NCC(c1ccccc1Cl)S(=O)(=O)C(C)C(=O)O. The van der Waals surface area contributed by atoms with Crippen LogP contribution >= 0.6 is 27.5 Å². The summed E-state index contributed by atoms with van der Waals surface area (Å²) in [5, 5.41) is 9.86. The molecule has 0 aliphatic carbocycles. The van der Waals surface area contributed by atoms with Gasteiger partial charge in [0.2, 0.25) is 0 Å². The average Bonchev–Trinajstić information content (AvgIpc) is 2.89. The van der Waals surface area contributed by atoms with E-state index in [1.165, 1.54) is 12.1 Å². The van der Waals surface area contributed by atoms with E-state index in [0.29, 0.717) is 27.7 Å². The van der Waals surface area contributed by atoms with E-state index in [4.69, 9.17) is 16.6 Å². The molecule has 38 heavy (non-hydrogen) atoms. The number of amides is 1. The van der Waals surface area contributed by atoms with Gasteiger partial charge in [-0.1, -0.05) is 76.1 Å². The zero-order valence-electron chi connectivity index (χ0n) is 20.5. The van der Waals surface area contributed by atoms with Crippen LogP contribution in [0.4, 0.5) is 0 Å². The summed E-state index contributed by atoms with van der Waals surface area (Å²) in [6.07, 6.45) is 0. The molecular weight excluding hydrogens is 592 g/mol. The zero-order valence-corrected chi connectivity index (χ0v) is 23.6. The summed E-state index contributed by atoms with van der Waals surface area (Å²) in [7, 11) is -4.28. The number of carboxylic acid groups (broad SMARTS) is 1. The number of halogens is 2. The number of pyridine rings is 1. The van der Waals surface area contributed by atoms with Gasteiger partial charge in [0.25, 0.3) is 5.91 Å². The van der Waals surface area contributed by atoms with Crippen LogP contribution in [0.5, 0.6) is 0 Å². The number of rotatable bonds is 8. The lowest BCUT2D eigenvalue weighted by molar-refractivity contribution is -0.136. The van der Waals surface area contributed by atoms with Crippen LogP contribution in [0.2, 0.25) is 5.02 Å². The molecule has 196 valence electrons. The van der Waals surface area contributed by atoms with Crippen LogP contribution in [0, 0.1) is 6.92 Å². The minimum Gasteiger partial charge on any atom is -0.480 e. The first-order valence-corrected chi connectivity index (χ1v) is 14.4. The number of carbonyl (C=O) groups is 2. The molecule has 1 heterocycles. The van der Waals surface area contributed by atoms with Crippen molar-refractivity contribution in [1.29, 1.82) is 0 Å². The van der Waals surface area contributed by atoms with Crippen molar-refractivity contribution in [2.45, 2.75) is 24.3 Å². The predicted octanol–water partition coefficient (Wildman–Crippen LogP) is 5.99. The quantitative estimate of drug-likeness (QED) is 0.252. The fourth-order valence-corrected chi connectivity index (χ4v) is 6.64. The normalized spacial score (nSPS) is 13.2. The Morgan fingerprint density at radius 2 is 1.71 bits per heavy atom. The van der Waals surface area contributed by atoms with Gasteiger partial charge in [0.05, 0.1) is 16.8 Å². The second kappa shape index (κ2) is 11.2. The smallest absolute Gasteiger partial charge is 0.321 e. The highest BCUT2D eigenvalue weighted by Gasteiger charge is 2.38. The van der Waals surface area contributed by atoms with Crippen LogP contribution < -0.4 is 5.32 Å². The number of aromatic nitrogens is 1. The predicted molar refractivity (Wildman–Crippen MR) is 152 cm³/mol. The van der Waals surface area contributed by atoms with Gasteiger partial charge in [0.15, 0.2) is 15.1 Å². The third kappa shape index (κ3) is 5.45. The summed E-state index contributed by atoms with van der Waals surface area (Å²) < 4.78 is 27.4. The molecule has 0 saturated heterocycles. The number of fused-ring (bicyclic) bond motifs is 1. The molecule has 2 N–H and O–H groups in total. The molecule has 4 rings (SSSR count). The van der Waals surface area contributed by atoms with Crippen LogP contribution in [0.1, 0.15) is 33.7 Å². The van der Waals surface area contributed by atoms with E-state index in [1.54, 1.807) is 31.2 Å². The minimum atomic E-state index is -4.28. The Bertz CT molecular complexity index is 1640. The second-order valence-corrected chi connectivity index (χ2v) is 12.6. The summed E-state index contributed by atoms with van der Waals surface area (Å²) in [5.74, 6) is -2.00. The molecule has 0 radical (unpaired) electrons. The number of benzene rings is 3. The van der Waals surface area contributed by atoms with Gasteiger partial charge in [0, 0.05) is 27.0 Å². The molecule has 0 bridgehead atoms. The lowest BCUT2D eigenvalue weighted by Crippen LogP contribution is -2.38. The highest BCUT2D eigenvalue weighted by Crippen LogP contribution is 2.33. The summed E-state index contributed by atoms with van der Waals surface area (Å²) in [5.41, 5.74) is 3.23. The van der Waals surface area contributed by atoms with E-state index in [2.05, 4.69) is 21.2 Å². The Morgan fingerprint density at radius 3 is 2.37 bits per heavy atom. The van der Waals surface area contributed by atoms with Gasteiger partial charge in [-0.05, 0) is 49.2 Å². The van der Waals surface area contributed by atoms with Crippen molar-refractivity contribution in [1.82, 2.24) is 10.3 Å². The molecular formula is C28H24BrClN2O5S. The number of carbonyl (C=O) groups excluding carboxylic acids is 1. The molecule has 4 aromatic rings. The summed E-state index contributed by atoms with van der Waals surface area (Å²) in [4.78, 5) is 30.1. The van der Waals surface area contributed by atoms with Crippen molar-refractivity contribution in [3.63, 3.8) is 0 Å². The van der Waals surface area contributed by atoms with Crippen LogP contribution in [0.15, 0.2) is 77.3 Å². The molecule has 0 spiro atoms. The maximum atomic E-state index is 13.7. The van der Waals surface area contributed by atoms with E-state index in [-0.39, 0.29) is 17.1 Å². The first-order chi connectivity index (χ1) is 18.0. The van der Waals surface area contributed by atoms with Gasteiger partial charge in [-0.15, -0.1) is 0 Å². The molecule has 1 amide bonds. The fourth-order valence-electron chi connectivity index (χ4n) is 4.30. The first kappa shape index (κ1) is 27.8. The number of nitrogens with zero attached hydrogens (tertiary/aromatic N) is 1. The lowest BCUT2D eigenvalue weighted by Gasteiger charge is -2.22. The third-order valence-corrected chi connectivity index (χ3v) is 9.64. The molecule has 0 saturated carbocycles. The van der Waals surface area contributed by atoms with Crippen molar-refractivity contribution in [2.24, 2.45) is 0 Å². The van der Waals surface area contributed by atoms with E-state index >= 15 is 0 Å². The Balaban J connectivity index is 1.80. The fraction of sp³-hybridized carbons (Fsp3) is 0.179. The standard InChI is InChI=1S/C28H24BrClN2O5S/c1-16-25(21-14-19(29)12-13-23(21)32-26(16)18-8-4-3-5-9-18)27(33)31-15-24(20-10-6-7-11-22(20)30)38(36,37)17(2)28(34)35/h3-14,17,24H,15H2,1-2H3,(H,31,33)(H,34,35). The summed E-state index contributed by atoms with van der Waals surface area (Å²) >= 11 is 9.76. The van der Waals surface area contributed by atoms with Gasteiger partial charge in [-0.25, -0.2) is 13.4 Å². The third-order valence-electron chi connectivity index (χ3n) is 6.40. The van der Waals surface area contributed by atoms with Gasteiger partial charge in [-0.3, -0.25) is 9.59 Å². The van der Waals surface area contributed by atoms with Crippen molar-refractivity contribution in [3.8, 4) is 11.3 Å². The Labute approximate surface area is 233 Å². The van der Waals surface area contributed by atoms with E-state index in [1.807, 2.05) is 36.4 Å². The van der Waals surface area contributed by atoms with Gasteiger partial charge < -0.3 is 10.4 Å². The van der Waals surface area contributed by atoms with E-state index < -0.39 is 32.2 Å². The summed E-state index contributed by atoms with van der Waals surface area (Å²) in [6, 6.07) is 21.2. The molecule has 0 fully saturated rings. The number of nitrogens with one attached hydrogen (secondary N) is 1. The van der Waals surface area contributed by atoms with Crippen molar-refractivity contribution < 1.29 is 23.1 Å². The van der Waals surface area contributed by atoms with Gasteiger partial charge in [0.1, 0.15) is 5.25 Å². The largest absolute Gasteiger partial charge is 0.480 e. The molecule has 0 aliphatic rings.